The minimum Gasteiger partial charge on any atom is -0.273 e. The number of carbonyl (C=O) groups is 2. The van der Waals surface area contributed by atoms with E-state index in [-0.39, 0.29) is 17.2 Å². The first-order valence-corrected chi connectivity index (χ1v) is 9.13. The van der Waals surface area contributed by atoms with Gasteiger partial charge in [0, 0.05) is 5.56 Å². The van der Waals surface area contributed by atoms with E-state index in [2.05, 4.69) is 10.9 Å². The highest BCUT2D eigenvalue weighted by atomic mass is 16.2. The van der Waals surface area contributed by atoms with E-state index in [1.807, 2.05) is 32.0 Å². The van der Waals surface area contributed by atoms with Gasteiger partial charge in [0.05, 0.1) is 5.41 Å². The van der Waals surface area contributed by atoms with Gasteiger partial charge in [0.25, 0.3) is 5.91 Å². The Morgan fingerprint density at radius 3 is 2.08 bits per heavy atom. The average Bonchev–Trinajstić information content (AvgIpc) is 2.51. The molecule has 4 aliphatic carbocycles. The van der Waals surface area contributed by atoms with Gasteiger partial charge < -0.3 is 0 Å². The topological polar surface area (TPSA) is 58.2 Å². The molecule has 4 nitrogen and oxygen atoms in total. The number of rotatable bonds is 2. The molecule has 0 aliphatic heterocycles. The largest absolute Gasteiger partial charge is 0.273 e. The van der Waals surface area contributed by atoms with E-state index in [1.54, 1.807) is 0 Å². The SMILES string of the molecule is Cc1ccc(C(=O)NNC(=O)C23CC4CC(CC(C4)C2)C3)c(C)c1. The van der Waals surface area contributed by atoms with E-state index >= 15 is 0 Å². The fourth-order valence-corrected chi connectivity index (χ4v) is 5.77. The molecule has 4 fully saturated rings. The van der Waals surface area contributed by atoms with Crippen molar-refractivity contribution in [1.82, 2.24) is 10.9 Å². The number of carbonyl (C=O) groups excluding carboxylic acids is 2. The molecule has 0 saturated heterocycles. The molecule has 5 rings (SSSR count). The number of aryl methyl sites for hydroxylation is 2. The Morgan fingerprint density at radius 2 is 1.54 bits per heavy atom. The molecule has 4 heteroatoms. The fraction of sp³-hybridized carbons (Fsp3) is 0.600. The molecule has 0 radical (unpaired) electrons. The van der Waals surface area contributed by atoms with Crippen molar-refractivity contribution in [2.45, 2.75) is 52.4 Å². The first-order chi connectivity index (χ1) is 11.4. The zero-order chi connectivity index (χ0) is 16.9. The van der Waals surface area contributed by atoms with Gasteiger partial charge in [-0.2, -0.15) is 0 Å². The second kappa shape index (κ2) is 5.61. The van der Waals surface area contributed by atoms with Crippen molar-refractivity contribution >= 4 is 11.8 Å². The maximum atomic E-state index is 12.8. The van der Waals surface area contributed by atoms with Crippen molar-refractivity contribution in [3.05, 3.63) is 34.9 Å². The molecule has 128 valence electrons. The van der Waals surface area contributed by atoms with E-state index in [1.165, 1.54) is 19.3 Å². The molecule has 4 bridgehead atoms. The van der Waals surface area contributed by atoms with Crippen LogP contribution in [0.2, 0.25) is 0 Å². The number of nitrogens with one attached hydrogen (secondary N) is 2. The number of amides is 2. The van der Waals surface area contributed by atoms with Crippen molar-refractivity contribution in [3.8, 4) is 0 Å². The van der Waals surface area contributed by atoms with Crippen molar-refractivity contribution in [2.75, 3.05) is 0 Å². The van der Waals surface area contributed by atoms with Crippen LogP contribution in [0.5, 0.6) is 0 Å². The van der Waals surface area contributed by atoms with Crippen LogP contribution in [0.25, 0.3) is 0 Å². The quantitative estimate of drug-likeness (QED) is 0.820. The number of hydrazine groups is 1. The molecule has 24 heavy (non-hydrogen) atoms. The predicted octanol–water partition coefficient (Wildman–Crippen LogP) is 3.28. The molecule has 0 heterocycles. The highest BCUT2D eigenvalue weighted by Crippen LogP contribution is 2.60. The highest BCUT2D eigenvalue weighted by molar-refractivity contribution is 5.97. The first kappa shape index (κ1) is 15.7. The van der Waals surface area contributed by atoms with Gasteiger partial charge in [0.15, 0.2) is 0 Å². The molecular formula is C20H26N2O2. The molecule has 1 aromatic rings. The van der Waals surface area contributed by atoms with Crippen LogP contribution in [-0.4, -0.2) is 11.8 Å². The van der Waals surface area contributed by atoms with Crippen LogP contribution in [0.15, 0.2) is 18.2 Å². The van der Waals surface area contributed by atoms with E-state index in [0.29, 0.717) is 5.56 Å². The zero-order valence-corrected chi connectivity index (χ0v) is 14.5. The summed E-state index contributed by atoms with van der Waals surface area (Å²) in [6.45, 7) is 3.92. The minimum absolute atomic E-state index is 0.0275. The lowest BCUT2D eigenvalue weighted by atomic mass is 9.49. The summed E-state index contributed by atoms with van der Waals surface area (Å²) >= 11 is 0. The van der Waals surface area contributed by atoms with Crippen LogP contribution in [0.1, 0.15) is 60.0 Å². The van der Waals surface area contributed by atoms with Crippen LogP contribution >= 0.6 is 0 Å². The van der Waals surface area contributed by atoms with Gasteiger partial charge in [0.2, 0.25) is 5.91 Å². The molecule has 0 atom stereocenters. The van der Waals surface area contributed by atoms with Crippen molar-refractivity contribution in [3.63, 3.8) is 0 Å². The summed E-state index contributed by atoms with van der Waals surface area (Å²) in [6, 6.07) is 5.72. The van der Waals surface area contributed by atoms with Crippen LogP contribution in [-0.2, 0) is 4.79 Å². The molecule has 0 aromatic heterocycles. The van der Waals surface area contributed by atoms with Crippen LogP contribution in [0.3, 0.4) is 0 Å². The summed E-state index contributed by atoms with van der Waals surface area (Å²) in [5.74, 6) is 1.96. The maximum Gasteiger partial charge on any atom is 0.269 e. The molecule has 4 aliphatic rings. The maximum absolute atomic E-state index is 12.8. The van der Waals surface area contributed by atoms with Gasteiger partial charge >= 0.3 is 0 Å². The highest BCUT2D eigenvalue weighted by Gasteiger charge is 2.54. The Bertz CT molecular complexity index is 660. The van der Waals surface area contributed by atoms with Crippen molar-refractivity contribution in [1.29, 1.82) is 0 Å². The van der Waals surface area contributed by atoms with Gasteiger partial charge in [-0.25, -0.2) is 0 Å². The van der Waals surface area contributed by atoms with Gasteiger partial charge in [0.1, 0.15) is 0 Å². The zero-order valence-electron chi connectivity index (χ0n) is 14.5. The molecule has 2 N–H and O–H groups in total. The summed E-state index contributed by atoms with van der Waals surface area (Å²) in [6.07, 6.45) is 6.93. The third-order valence-electron chi connectivity index (χ3n) is 6.44. The second-order valence-corrected chi connectivity index (χ2v) is 8.42. The van der Waals surface area contributed by atoms with Gasteiger partial charge in [-0.3, -0.25) is 20.4 Å². The van der Waals surface area contributed by atoms with Crippen molar-refractivity contribution in [2.24, 2.45) is 23.2 Å². The standard InChI is InChI=1S/C20H26N2O2/c1-12-3-4-17(13(2)5-12)18(23)21-22-19(24)20-9-14-6-15(10-20)8-16(7-14)11-20/h3-5,14-16H,6-11H2,1-2H3,(H,21,23)(H,22,24). The van der Waals surface area contributed by atoms with E-state index < -0.39 is 0 Å². The third kappa shape index (κ3) is 2.62. The number of hydrogen-bond acceptors (Lipinski definition) is 2. The Labute approximate surface area is 143 Å². The first-order valence-electron chi connectivity index (χ1n) is 9.13. The Hall–Kier alpha value is -1.84. The molecule has 0 spiro atoms. The van der Waals surface area contributed by atoms with E-state index in [0.717, 1.165) is 48.1 Å². The Balaban J connectivity index is 1.42. The van der Waals surface area contributed by atoms with Gasteiger partial charge in [-0.05, 0) is 81.8 Å². The lowest BCUT2D eigenvalue weighted by Gasteiger charge is -2.55. The fourth-order valence-electron chi connectivity index (χ4n) is 5.77. The molecule has 2 amide bonds. The van der Waals surface area contributed by atoms with Crippen LogP contribution in [0, 0.1) is 37.0 Å². The molecule has 0 unspecified atom stereocenters. The third-order valence-corrected chi connectivity index (χ3v) is 6.44. The Kier molecular flexibility index (Phi) is 3.66. The summed E-state index contributed by atoms with van der Waals surface area (Å²) < 4.78 is 0. The Morgan fingerprint density at radius 1 is 0.958 bits per heavy atom. The number of hydrogen-bond donors (Lipinski definition) is 2. The minimum atomic E-state index is -0.232. The molecular weight excluding hydrogens is 300 g/mol. The van der Waals surface area contributed by atoms with Crippen LogP contribution < -0.4 is 10.9 Å². The second-order valence-electron chi connectivity index (χ2n) is 8.42. The average molecular weight is 326 g/mol. The summed E-state index contributed by atoms with van der Waals surface area (Å²) in [5, 5.41) is 0. The normalized spacial score (nSPS) is 33.3. The molecule has 1 aromatic carbocycles. The van der Waals surface area contributed by atoms with E-state index in [4.69, 9.17) is 0 Å². The predicted molar refractivity (Wildman–Crippen MR) is 92.1 cm³/mol. The van der Waals surface area contributed by atoms with Crippen LogP contribution in [0.4, 0.5) is 0 Å². The number of benzene rings is 1. The van der Waals surface area contributed by atoms with Crippen molar-refractivity contribution < 1.29 is 9.59 Å². The van der Waals surface area contributed by atoms with Gasteiger partial charge in [-0.1, -0.05) is 17.7 Å². The van der Waals surface area contributed by atoms with Gasteiger partial charge in [-0.15, -0.1) is 0 Å². The lowest BCUT2D eigenvalue weighted by molar-refractivity contribution is -0.147. The summed E-state index contributed by atoms with van der Waals surface area (Å²) in [5.41, 5.74) is 7.83. The van der Waals surface area contributed by atoms with E-state index in [9.17, 15) is 9.59 Å². The summed E-state index contributed by atoms with van der Waals surface area (Å²) in [7, 11) is 0. The summed E-state index contributed by atoms with van der Waals surface area (Å²) in [4.78, 5) is 25.2. The lowest BCUT2D eigenvalue weighted by Crippen LogP contribution is -2.56. The smallest absolute Gasteiger partial charge is 0.269 e. The monoisotopic (exact) mass is 326 g/mol. The molecule has 4 saturated carbocycles.